The summed E-state index contributed by atoms with van der Waals surface area (Å²) in [5.41, 5.74) is 1.28. The van der Waals surface area contributed by atoms with Gasteiger partial charge in [0.2, 0.25) is 5.91 Å². The molecule has 2 fully saturated rings. The van der Waals surface area contributed by atoms with Gasteiger partial charge in [-0.25, -0.2) is 4.68 Å². The van der Waals surface area contributed by atoms with Gasteiger partial charge in [0.15, 0.2) is 0 Å². The van der Waals surface area contributed by atoms with Crippen molar-refractivity contribution in [2.75, 3.05) is 13.1 Å². The SMILES string of the molecule is CCCc1cn(C2CCN(C(=O)CC3CC(C)(C)NC(C)(C)C3)CC2)nn1. The maximum Gasteiger partial charge on any atom is 0.222 e. The van der Waals surface area contributed by atoms with E-state index in [-0.39, 0.29) is 11.1 Å². The highest BCUT2D eigenvalue weighted by Crippen LogP contribution is 2.35. The lowest BCUT2D eigenvalue weighted by Gasteiger charge is -2.46. The highest BCUT2D eigenvalue weighted by molar-refractivity contribution is 5.76. The van der Waals surface area contributed by atoms with Crippen LogP contribution in [0.2, 0.25) is 0 Å². The Labute approximate surface area is 164 Å². The molecule has 0 aliphatic carbocycles. The summed E-state index contributed by atoms with van der Waals surface area (Å²) in [5.74, 6) is 0.797. The summed E-state index contributed by atoms with van der Waals surface area (Å²) >= 11 is 0. The Kier molecular flexibility index (Phi) is 5.94. The molecule has 152 valence electrons. The van der Waals surface area contributed by atoms with Crippen molar-refractivity contribution < 1.29 is 4.79 Å². The van der Waals surface area contributed by atoms with Crippen LogP contribution >= 0.6 is 0 Å². The first kappa shape index (κ1) is 20.3. The van der Waals surface area contributed by atoms with E-state index in [0.29, 0.717) is 24.3 Å². The zero-order valence-corrected chi connectivity index (χ0v) is 17.8. The molecule has 27 heavy (non-hydrogen) atoms. The van der Waals surface area contributed by atoms with Gasteiger partial charge in [-0.05, 0) is 65.7 Å². The van der Waals surface area contributed by atoms with Gasteiger partial charge in [0, 0.05) is 36.8 Å². The second kappa shape index (κ2) is 7.90. The van der Waals surface area contributed by atoms with Crippen LogP contribution in [0.15, 0.2) is 6.20 Å². The minimum absolute atomic E-state index is 0.100. The minimum atomic E-state index is 0.100. The highest BCUT2D eigenvalue weighted by Gasteiger charge is 2.39. The highest BCUT2D eigenvalue weighted by atomic mass is 16.2. The average molecular weight is 376 g/mol. The maximum atomic E-state index is 12.9. The number of aryl methyl sites for hydroxylation is 1. The number of nitrogens with one attached hydrogen (secondary N) is 1. The molecule has 2 aliphatic heterocycles. The van der Waals surface area contributed by atoms with Crippen LogP contribution in [-0.4, -0.2) is 50.0 Å². The second-order valence-electron chi connectivity index (χ2n) is 9.92. The van der Waals surface area contributed by atoms with Crippen LogP contribution in [0.4, 0.5) is 0 Å². The van der Waals surface area contributed by atoms with Crippen LogP contribution in [0.3, 0.4) is 0 Å². The van der Waals surface area contributed by atoms with Crippen molar-refractivity contribution in [3.05, 3.63) is 11.9 Å². The monoisotopic (exact) mass is 375 g/mol. The number of piperidine rings is 2. The number of carbonyl (C=O) groups is 1. The number of hydrogen-bond donors (Lipinski definition) is 1. The zero-order chi connectivity index (χ0) is 19.7. The summed E-state index contributed by atoms with van der Waals surface area (Å²) in [5, 5.41) is 12.3. The van der Waals surface area contributed by atoms with Crippen molar-refractivity contribution in [1.82, 2.24) is 25.2 Å². The van der Waals surface area contributed by atoms with Gasteiger partial charge in [0.05, 0.1) is 11.7 Å². The van der Waals surface area contributed by atoms with Crippen LogP contribution < -0.4 is 5.32 Å². The third-order valence-corrected chi connectivity index (χ3v) is 5.99. The van der Waals surface area contributed by atoms with Gasteiger partial charge in [-0.3, -0.25) is 4.79 Å². The Bertz CT molecular complexity index is 627. The number of aromatic nitrogens is 3. The van der Waals surface area contributed by atoms with Gasteiger partial charge in [-0.15, -0.1) is 5.10 Å². The lowest BCUT2D eigenvalue weighted by Crippen LogP contribution is -2.58. The minimum Gasteiger partial charge on any atom is -0.343 e. The first-order chi connectivity index (χ1) is 12.7. The summed E-state index contributed by atoms with van der Waals surface area (Å²) in [7, 11) is 0. The molecule has 6 heteroatoms. The van der Waals surface area contributed by atoms with Gasteiger partial charge >= 0.3 is 0 Å². The number of amides is 1. The molecule has 0 unspecified atom stereocenters. The third-order valence-electron chi connectivity index (χ3n) is 5.99. The Morgan fingerprint density at radius 2 is 1.81 bits per heavy atom. The van der Waals surface area contributed by atoms with Gasteiger partial charge in [0.1, 0.15) is 0 Å². The van der Waals surface area contributed by atoms with Gasteiger partial charge < -0.3 is 10.2 Å². The van der Waals surface area contributed by atoms with Crippen LogP contribution in [0, 0.1) is 5.92 Å². The Morgan fingerprint density at radius 3 is 2.41 bits per heavy atom. The lowest BCUT2D eigenvalue weighted by molar-refractivity contribution is -0.134. The lowest BCUT2D eigenvalue weighted by atomic mass is 9.74. The maximum absolute atomic E-state index is 12.9. The van der Waals surface area contributed by atoms with E-state index in [1.165, 1.54) is 0 Å². The number of hydrogen-bond acceptors (Lipinski definition) is 4. The van der Waals surface area contributed by atoms with Crippen LogP contribution in [0.1, 0.15) is 84.9 Å². The number of nitrogens with zero attached hydrogens (tertiary/aromatic N) is 4. The zero-order valence-electron chi connectivity index (χ0n) is 17.8. The molecule has 1 aromatic heterocycles. The van der Waals surface area contributed by atoms with E-state index in [2.05, 4.69) is 61.3 Å². The molecular weight excluding hydrogens is 338 g/mol. The fourth-order valence-electron chi connectivity index (χ4n) is 5.30. The van der Waals surface area contributed by atoms with Crippen LogP contribution in [0.25, 0.3) is 0 Å². The van der Waals surface area contributed by atoms with E-state index < -0.39 is 0 Å². The van der Waals surface area contributed by atoms with E-state index in [1.54, 1.807) is 0 Å². The standard InChI is InChI=1S/C21H37N5O/c1-6-7-17-15-26(24-22-17)18-8-10-25(11-9-18)19(27)12-16-13-20(2,3)23-21(4,5)14-16/h15-16,18,23H,6-14H2,1-5H3. The summed E-state index contributed by atoms with van der Waals surface area (Å²) < 4.78 is 2.02. The second-order valence-corrected chi connectivity index (χ2v) is 9.92. The summed E-state index contributed by atoms with van der Waals surface area (Å²) in [6.45, 7) is 12.8. The topological polar surface area (TPSA) is 63.1 Å². The summed E-state index contributed by atoms with van der Waals surface area (Å²) in [6.07, 6.45) is 8.94. The Morgan fingerprint density at radius 1 is 1.19 bits per heavy atom. The summed E-state index contributed by atoms with van der Waals surface area (Å²) in [6, 6.07) is 0.379. The molecule has 0 aromatic carbocycles. The molecule has 2 saturated heterocycles. The average Bonchev–Trinajstić information content (AvgIpc) is 3.01. The fourth-order valence-corrected chi connectivity index (χ4v) is 5.30. The van der Waals surface area contributed by atoms with Crippen LogP contribution in [0.5, 0.6) is 0 Å². The number of rotatable bonds is 5. The van der Waals surface area contributed by atoms with Gasteiger partial charge in [-0.1, -0.05) is 18.6 Å². The van der Waals surface area contributed by atoms with Crippen molar-refractivity contribution in [2.24, 2.45) is 5.92 Å². The van der Waals surface area contributed by atoms with Gasteiger partial charge in [0.25, 0.3) is 0 Å². The quantitative estimate of drug-likeness (QED) is 0.857. The predicted molar refractivity (Wildman–Crippen MR) is 108 cm³/mol. The number of likely N-dealkylation sites (tertiary alicyclic amines) is 1. The Hall–Kier alpha value is -1.43. The van der Waals surface area contributed by atoms with E-state index in [9.17, 15) is 4.79 Å². The largest absolute Gasteiger partial charge is 0.343 e. The molecule has 0 atom stereocenters. The molecule has 2 aliphatic rings. The van der Waals surface area contributed by atoms with E-state index in [4.69, 9.17) is 0 Å². The van der Waals surface area contributed by atoms with Crippen molar-refractivity contribution in [3.8, 4) is 0 Å². The summed E-state index contributed by atoms with van der Waals surface area (Å²) in [4.78, 5) is 15.0. The molecular formula is C21H37N5O. The molecule has 1 aromatic rings. The third kappa shape index (κ3) is 5.31. The first-order valence-corrected chi connectivity index (χ1v) is 10.7. The predicted octanol–water partition coefficient (Wildman–Crippen LogP) is 3.34. The molecule has 0 radical (unpaired) electrons. The smallest absolute Gasteiger partial charge is 0.222 e. The molecule has 1 amide bonds. The van der Waals surface area contributed by atoms with Crippen molar-refractivity contribution in [1.29, 1.82) is 0 Å². The van der Waals surface area contributed by atoms with E-state index in [1.807, 2.05) is 4.68 Å². The Balaban J connectivity index is 1.51. The van der Waals surface area contributed by atoms with Gasteiger partial charge in [-0.2, -0.15) is 0 Å². The van der Waals surface area contributed by atoms with Crippen LogP contribution in [-0.2, 0) is 11.2 Å². The fraction of sp³-hybridized carbons (Fsp3) is 0.857. The molecule has 3 heterocycles. The van der Waals surface area contributed by atoms with Crippen molar-refractivity contribution in [3.63, 3.8) is 0 Å². The molecule has 6 nitrogen and oxygen atoms in total. The van der Waals surface area contributed by atoms with E-state index in [0.717, 1.165) is 57.3 Å². The van der Waals surface area contributed by atoms with Crippen molar-refractivity contribution >= 4 is 5.91 Å². The number of carbonyl (C=O) groups excluding carboxylic acids is 1. The van der Waals surface area contributed by atoms with Crippen molar-refractivity contribution in [2.45, 2.75) is 96.7 Å². The molecule has 1 N–H and O–H groups in total. The molecule has 0 bridgehead atoms. The van der Waals surface area contributed by atoms with E-state index >= 15 is 0 Å². The molecule has 0 spiro atoms. The molecule has 0 saturated carbocycles. The first-order valence-electron chi connectivity index (χ1n) is 10.7. The normalized spacial score (nSPS) is 23.5. The molecule has 3 rings (SSSR count).